The van der Waals surface area contributed by atoms with Crippen LogP contribution in [0.1, 0.15) is 11.4 Å². The van der Waals surface area contributed by atoms with Crippen molar-refractivity contribution in [1.29, 1.82) is 0 Å². The van der Waals surface area contributed by atoms with E-state index in [4.69, 9.17) is 0 Å². The van der Waals surface area contributed by atoms with Crippen LogP contribution < -0.4 is 0 Å². The van der Waals surface area contributed by atoms with Crippen LogP contribution in [0.3, 0.4) is 0 Å². The average Bonchev–Trinajstić information content (AvgIpc) is 2.53. The molecule has 16 heavy (non-hydrogen) atoms. The van der Waals surface area contributed by atoms with Crippen LogP contribution >= 0.6 is 45.2 Å². The van der Waals surface area contributed by atoms with Gasteiger partial charge in [0.2, 0.25) is 0 Å². The quantitative estimate of drug-likeness (QED) is 0.670. The molecule has 1 aromatic carbocycles. The Kier molecular flexibility index (Phi) is 4.23. The summed E-state index contributed by atoms with van der Waals surface area (Å²) in [6.07, 6.45) is 1.06. The molecule has 0 aliphatic rings. The molecule has 1 heterocycles. The predicted molar refractivity (Wildman–Crippen MR) is 82.5 cm³/mol. The zero-order valence-corrected chi connectivity index (χ0v) is 13.3. The van der Waals surface area contributed by atoms with Crippen LogP contribution in [0, 0.1) is 14.3 Å². The van der Waals surface area contributed by atoms with E-state index in [0.717, 1.165) is 22.5 Å². The second-order valence-electron chi connectivity index (χ2n) is 3.63. The predicted octanol–water partition coefficient (Wildman–Crippen LogP) is 3.64. The van der Waals surface area contributed by atoms with Crippen molar-refractivity contribution in [3.8, 4) is 0 Å². The molecule has 0 aliphatic heterocycles. The van der Waals surface area contributed by atoms with Gasteiger partial charge in [-0.3, -0.25) is 0 Å². The van der Waals surface area contributed by atoms with E-state index >= 15 is 0 Å². The van der Waals surface area contributed by atoms with E-state index in [1.807, 2.05) is 0 Å². The van der Waals surface area contributed by atoms with E-state index in [-0.39, 0.29) is 0 Å². The highest BCUT2D eigenvalue weighted by molar-refractivity contribution is 14.1. The number of halogens is 2. The molecule has 0 radical (unpaired) electrons. The van der Waals surface area contributed by atoms with Gasteiger partial charge in [0.15, 0.2) is 0 Å². The average molecular weight is 438 g/mol. The Morgan fingerprint density at radius 3 is 2.44 bits per heavy atom. The van der Waals surface area contributed by atoms with Crippen molar-refractivity contribution in [2.75, 3.05) is 0 Å². The third kappa shape index (κ3) is 2.77. The van der Waals surface area contributed by atoms with Gasteiger partial charge in [0.1, 0.15) is 13.2 Å². The van der Waals surface area contributed by atoms with Gasteiger partial charge in [-0.15, -0.1) is 0 Å². The van der Waals surface area contributed by atoms with Crippen molar-refractivity contribution in [3.63, 3.8) is 0 Å². The first kappa shape index (κ1) is 12.3. The molecule has 0 unspecified atom stereocenters. The van der Waals surface area contributed by atoms with Crippen LogP contribution in [0.5, 0.6) is 0 Å². The molecule has 1 aromatic heterocycles. The lowest BCUT2D eigenvalue weighted by Crippen LogP contribution is -2.05. The summed E-state index contributed by atoms with van der Waals surface area (Å²) in [5, 5.41) is 0. The molecule has 0 amide bonds. The SMILES string of the molecule is Cc1nc(I)c(I)n1CCc1ccccc1. The van der Waals surface area contributed by atoms with Gasteiger partial charge in [-0.2, -0.15) is 0 Å². The number of imidazole rings is 1. The highest BCUT2D eigenvalue weighted by Crippen LogP contribution is 2.17. The molecule has 84 valence electrons. The molecule has 0 saturated heterocycles. The summed E-state index contributed by atoms with van der Waals surface area (Å²) in [7, 11) is 0. The van der Waals surface area contributed by atoms with Gasteiger partial charge in [0, 0.05) is 6.54 Å². The van der Waals surface area contributed by atoms with Crippen molar-refractivity contribution < 1.29 is 0 Å². The molecule has 4 heteroatoms. The van der Waals surface area contributed by atoms with Gasteiger partial charge in [-0.25, -0.2) is 4.98 Å². The lowest BCUT2D eigenvalue weighted by molar-refractivity contribution is 0.659. The fourth-order valence-electron chi connectivity index (χ4n) is 1.65. The van der Waals surface area contributed by atoms with Crippen LogP contribution in [-0.2, 0) is 13.0 Å². The maximum absolute atomic E-state index is 4.47. The molecule has 0 bridgehead atoms. The topological polar surface area (TPSA) is 17.8 Å². The summed E-state index contributed by atoms with van der Waals surface area (Å²) in [6, 6.07) is 10.6. The monoisotopic (exact) mass is 438 g/mol. The first-order chi connectivity index (χ1) is 7.68. The van der Waals surface area contributed by atoms with Crippen molar-refractivity contribution in [2.45, 2.75) is 19.9 Å². The molecule has 2 nitrogen and oxygen atoms in total. The summed E-state index contributed by atoms with van der Waals surface area (Å²) in [6.45, 7) is 3.07. The molecule has 0 atom stereocenters. The third-order valence-corrected chi connectivity index (χ3v) is 5.40. The largest absolute Gasteiger partial charge is 0.322 e. The van der Waals surface area contributed by atoms with Gasteiger partial charge >= 0.3 is 0 Å². The Bertz CT molecular complexity index is 477. The molecule has 0 N–H and O–H groups in total. The number of hydrogen-bond acceptors (Lipinski definition) is 1. The summed E-state index contributed by atoms with van der Waals surface area (Å²) in [5.41, 5.74) is 1.38. The molecule has 0 aliphatic carbocycles. The molecule has 2 rings (SSSR count). The number of benzene rings is 1. The minimum absolute atomic E-state index is 1.00. The smallest absolute Gasteiger partial charge is 0.133 e. The van der Waals surface area contributed by atoms with Crippen molar-refractivity contribution in [2.24, 2.45) is 0 Å². The zero-order chi connectivity index (χ0) is 11.5. The number of aromatic nitrogens is 2. The number of nitrogens with zero attached hydrogens (tertiary/aromatic N) is 2. The van der Waals surface area contributed by atoms with Crippen molar-refractivity contribution >= 4 is 45.2 Å². The number of rotatable bonds is 3. The lowest BCUT2D eigenvalue weighted by Gasteiger charge is -2.06. The maximum atomic E-state index is 4.47. The van der Waals surface area contributed by atoms with Crippen LogP contribution in [0.15, 0.2) is 30.3 Å². The Morgan fingerprint density at radius 1 is 1.19 bits per heavy atom. The van der Waals surface area contributed by atoms with Crippen LogP contribution in [0.25, 0.3) is 0 Å². The van der Waals surface area contributed by atoms with E-state index in [1.165, 1.54) is 9.26 Å². The minimum Gasteiger partial charge on any atom is -0.322 e. The van der Waals surface area contributed by atoms with Gasteiger partial charge in [0.25, 0.3) is 0 Å². The van der Waals surface area contributed by atoms with E-state index < -0.39 is 0 Å². The van der Waals surface area contributed by atoms with Crippen molar-refractivity contribution in [3.05, 3.63) is 49.1 Å². The molecular formula is C12H12I2N2. The molecule has 2 aromatic rings. The third-order valence-electron chi connectivity index (χ3n) is 2.52. The second kappa shape index (κ2) is 5.48. The maximum Gasteiger partial charge on any atom is 0.133 e. The molecule has 0 fully saturated rings. The van der Waals surface area contributed by atoms with Crippen LogP contribution in [0.4, 0.5) is 0 Å². The number of hydrogen-bond donors (Lipinski definition) is 0. The number of aryl methyl sites for hydroxylation is 2. The van der Waals surface area contributed by atoms with Gasteiger partial charge in [-0.05, 0) is 64.1 Å². The van der Waals surface area contributed by atoms with E-state index in [9.17, 15) is 0 Å². The lowest BCUT2D eigenvalue weighted by atomic mass is 10.1. The van der Waals surface area contributed by atoms with Gasteiger partial charge < -0.3 is 4.57 Å². The summed E-state index contributed by atoms with van der Waals surface area (Å²) < 4.78 is 4.62. The Hall–Kier alpha value is -0.110. The molecule has 0 spiro atoms. The minimum atomic E-state index is 1.00. The van der Waals surface area contributed by atoms with Gasteiger partial charge in [0.05, 0.1) is 0 Å². The van der Waals surface area contributed by atoms with Crippen LogP contribution in [0.2, 0.25) is 0 Å². The summed E-state index contributed by atoms with van der Waals surface area (Å²) >= 11 is 4.65. The summed E-state index contributed by atoms with van der Waals surface area (Å²) in [4.78, 5) is 4.47. The standard InChI is InChI=1S/C12H12I2N2/c1-9-15-11(13)12(14)16(9)8-7-10-5-3-2-4-6-10/h2-6H,7-8H2,1H3. The zero-order valence-electron chi connectivity index (χ0n) is 8.95. The Labute approximate surface area is 123 Å². The summed E-state index contributed by atoms with van der Waals surface area (Å²) in [5.74, 6) is 1.10. The highest BCUT2D eigenvalue weighted by Gasteiger charge is 2.09. The van der Waals surface area contributed by atoms with Crippen LogP contribution in [-0.4, -0.2) is 9.55 Å². The fourth-order valence-corrected chi connectivity index (χ4v) is 3.00. The van der Waals surface area contributed by atoms with Gasteiger partial charge in [-0.1, -0.05) is 30.3 Å². The second-order valence-corrected chi connectivity index (χ2v) is 5.67. The molecular weight excluding hydrogens is 426 g/mol. The van der Waals surface area contributed by atoms with E-state index in [0.29, 0.717) is 0 Å². The first-order valence-electron chi connectivity index (χ1n) is 5.10. The Balaban J connectivity index is 2.11. The highest BCUT2D eigenvalue weighted by atomic mass is 127. The first-order valence-corrected chi connectivity index (χ1v) is 7.26. The Morgan fingerprint density at radius 2 is 1.88 bits per heavy atom. The van der Waals surface area contributed by atoms with Crippen molar-refractivity contribution in [1.82, 2.24) is 9.55 Å². The molecule has 0 saturated carbocycles. The van der Waals surface area contributed by atoms with E-state index in [1.54, 1.807) is 0 Å². The fraction of sp³-hybridized carbons (Fsp3) is 0.250. The van der Waals surface area contributed by atoms with E-state index in [2.05, 4.69) is 92.0 Å². The normalized spacial score (nSPS) is 10.7.